The van der Waals surface area contributed by atoms with Gasteiger partial charge in [0.25, 0.3) is 0 Å². The van der Waals surface area contributed by atoms with Crippen LogP contribution in [-0.4, -0.2) is 16.9 Å². The van der Waals surface area contributed by atoms with E-state index in [1.54, 1.807) is 17.5 Å². The molecule has 2 aliphatic rings. The normalized spacial score (nSPS) is 25.4. The highest BCUT2D eigenvalue weighted by Gasteiger charge is 2.58. The maximum atomic E-state index is 12.3. The lowest BCUT2D eigenvalue weighted by molar-refractivity contribution is -0.126. The minimum atomic E-state index is -0.498. The fraction of sp³-hybridized carbons (Fsp3) is 0.692. The quantitative estimate of drug-likeness (QED) is 0.895. The van der Waals surface area contributed by atoms with Gasteiger partial charge in [-0.3, -0.25) is 4.79 Å². The van der Waals surface area contributed by atoms with Crippen molar-refractivity contribution in [1.82, 2.24) is 10.3 Å². The zero-order chi connectivity index (χ0) is 12.1. The third-order valence-electron chi connectivity index (χ3n) is 4.38. The van der Waals surface area contributed by atoms with Gasteiger partial charge in [-0.25, -0.2) is 4.98 Å². The summed E-state index contributed by atoms with van der Waals surface area (Å²) in [7, 11) is 0. The molecule has 1 aromatic heterocycles. The summed E-state index contributed by atoms with van der Waals surface area (Å²) >= 11 is 1.55. The van der Waals surface area contributed by atoms with Gasteiger partial charge in [-0.1, -0.05) is 6.42 Å². The Hall–Kier alpha value is -0.900. The molecule has 2 aliphatic carbocycles. The Labute approximate surface area is 106 Å². The number of rotatable bonds is 3. The van der Waals surface area contributed by atoms with Crippen LogP contribution in [0.3, 0.4) is 0 Å². The van der Waals surface area contributed by atoms with Gasteiger partial charge in [-0.2, -0.15) is 0 Å². The van der Waals surface area contributed by atoms with Crippen LogP contribution in [0.2, 0.25) is 0 Å². The standard InChI is InChI=1S/C13H18N2OS/c1-12(2,11-14-6-7-17-11)10(16)15-9-8-13(9)4-3-5-13/h6-7,9H,3-5,8H2,1-2H3,(H,15,16). The van der Waals surface area contributed by atoms with Crippen LogP contribution in [0.5, 0.6) is 0 Å². The van der Waals surface area contributed by atoms with Crippen molar-refractivity contribution in [3.05, 3.63) is 16.6 Å². The first kappa shape index (κ1) is 11.2. The molecule has 1 unspecified atom stereocenters. The molecule has 4 heteroatoms. The second-order valence-electron chi connectivity index (χ2n) is 5.91. The second kappa shape index (κ2) is 3.55. The Balaban J connectivity index is 1.66. The van der Waals surface area contributed by atoms with Crippen LogP contribution >= 0.6 is 11.3 Å². The summed E-state index contributed by atoms with van der Waals surface area (Å²) in [5, 5.41) is 6.03. The zero-order valence-corrected chi connectivity index (χ0v) is 11.1. The Morgan fingerprint density at radius 1 is 1.59 bits per heavy atom. The molecule has 0 radical (unpaired) electrons. The fourth-order valence-corrected chi connectivity index (χ4v) is 3.46. The van der Waals surface area contributed by atoms with Crippen LogP contribution in [-0.2, 0) is 10.2 Å². The molecule has 1 atom stereocenters. The molecular weight excluding hydrogens is 232 g/mol. The van der Waals surface area contributed by atoms with E-state index in [1.807, 2.05) is 19.2 Å². The summed E-state index contributed by atoms with van der Waals surface area (Å²) in [6.45, 7) is 3.91. The van der Waals surface area contributed by atoms with E-state index in [-0.39, 0.29) is 5.91 Å². The highest BCUT2D eigenvalue weighted by Crippen LogP contribution is 2.60. The van der Waals surface area contributed by atoms with Crippen molar-refractivity contribution in [1.29, 1.82) is 0 Å². The average Bonchev–Trinajstić information content (AvgIpc) is 2.73. The number of nitrogens with zero attached hydrogens (tertiary/aromatic N) is 1. The van der Waals surface area contributed by atoms with E-state index in [1.165, 1.54) is 25.7 Å². The average molecular weight is 250 g/mol. The monoisotopic (exact) mass is 250 g/mol. The van der Waals surface area contributed by atoms with Crippen LogP contribution in [0.4, 0.5) is 0 Å². The molecule has 1 spiro atoms. The number of hydrogen-bond donors (Lipinski definition) is 1. The minimum Gasteiger partial charge on any atom is -0.352 e. The highest BCUT2D eigenvalue weighted by molar-refractivity contribution is 7.09. The van der Waals surface area contributed by atoms with Gasteiger partial charge >= 0.3 is 0 Å². The van der Waals surface area contributed by atoms with Gasteiger partial charge in [0, 0.05) is 17.6 Å². The van der Waals surface area contributed by atoms with Crippen molar-refractivity contribution in [2.75, 3.05) is 0 Å². The largest absolute Gasteiger partial charge is 0.352 e. The summed E-state index contributed by atoms with van der Waals surface area (Å²) in [6.07, 6.45) is 6.89. The molecule has 1 amide bonds. The number of thiazole rings is 1. The van der Waals surface area contributed by atoms with Gasteiger partial charge in [-0.15, -0.1) is 11.3 Å². The maximum absolute atomic E-state index is 12.3. The molecule has 3 nitrogen and oxygen atoms in total. The van der Waals surface area contributed by atoms with Gasteiger partial charge in [0.1, 0.15) is 5.01 Å². The summed E-state index contributed by atoms with van der Waals surface area (Å²) in [4.78, 5) is 16.6. The lowest BCUT2D eigenvalue weighted by Crippen LogP contribution is -2.43. The van der Waals surface area contributed by atoms with E-state index in [9.17, 15) is 4.79 Å². The Morgan fingerprint density at radius 2 is 2.35 bits per heavy atom. The zero-order valence-electron chi connectivity index (χ0n) is 10.3. The molecule has 17 heavy (non-hydrogen) atoms. The number of nitrogens with one attached hydrogen (secondary N) is 1. The SMILES string of the molecule is CC(C)(C(=O)NC1CC12CCC2)c1nccs1. The molecule has 0 saturated heterocycles. The first-order valence-corrected chi connectivity index (χ1v) is 7.14. The molecular formula is C13H18N2OS. The number of amides is 1. The fourth-order valence-electron chi connectivity index (χ4n) is 2.70. The predicted molar refractivity (Wildman–Crippen MR) is 68.0 cm³/mol. The van der Waals surface area contributed by atoms with Gasteiger partial charge in [0.05, 0.1) is 5.41 Å². The molecule has 0 aromatic carbocycles. The van der Waals surface area contributed by atoms with Crippen molar-refractivity contribution in [2.24, 2.45) is 5.41 Å². The van der Waals surface area contributed by atoms with Crippen LogP contribution < -0.4 is 5.32 Å². The third kappa shape index (κ3) is 1.69. The first-order valence-electron chi connectivity index (χ1n) is 6.26. The molecule has 1 aromatic rings. The van der Waals surface area contributed by atoms with Crippen molar-refractivity contribution in [2.45, 2.75) is 51.0 Å². The van der Waals surface area contributed by atoms with Gasteiger partial charge < -0.3 is 5.32 Å². The number of carbonyl (C=O) groups is 1. The second-order valence-corrected chi connectivity index (χ2v) is 6.80. The van der Waals surface area contributed by atoms with E-state index in [0.29, 0.717) is 11.5 Å². The highest BCUT2D eigenvalue weighted by atomic mass is 32.1. The molecule has 1 heterocycles. The Bertz CT molecular complexity index is 434. The molecule has 3 rings (SSSR count). The smallest absolute Gasteiger partial charge is 0.232 e. The lowest BCUT2D eigenvalue weighted by Gasteiger charge is -2.28. The van der Waals surface area contributed by atoms with Crippen LogP contribution in [0.1, 0.15) is 44.5 Å². The van der Waals surface area contributed by atoms with E-state index < -0.39 is 5.41 Å². The predicted octanol–water partition coefficient (Wildman–Crippen LogP) is 2.48. The summed E-state index contributed by atoms with van der Waals surface area (Å²) in [6, 6.07) is 0.433. The molecule has 0 bridgehead atoms. The number of carbonyl (C=O) groups excluding carboxylic acids is 1. The molecule has 1 N–H and O–H groups in total. The minimum absolute atomic E-state index is 0.126. The van der Waals surface area contributed by atoms with Gasteiger partial charge in [0.2, 0.25) is 5.91 Å². The summed E-state index contributed by atoms with van der Waals surface area (Å²) < 4.78 is 0. The van der Waals surface area contributed by atoms with Crippen molar-refractivity contribution in [3.8, 4) is 0 Å². The van der Waals surface area contributed by atoms with Crippen molar-refractivity contribution < 1.29 is 4.79 Å². The van der Waals surface area contributed by atoms with E-state index >= 15 is 0 Å². The van der Waals surface area contributed by atoms with E-state index in [2.05, 4.69) is 10.3 Å². The lowest BCUT2D eigenvalue weighted by atomic mass is 9.81. The maximum Gasteiger partial charge on any atom is 0.232 e. The third-order valence-corrected chi connectivity index (χ3v) is 5.48. The topological polar surface area (TPSA) is 42.0 Å². The van der Waals surface area contributed by atoms with E-state index in [0.717, 1.165) is 5.01 Å². The Kier molecular flexibility index (Phi) is 2.34. The van der Waals surface area contributed by atoms with Crippen LogP contribution in [0.15, 0.2) is 11.6 Å². The summed E-state index contributed by atoms with van der Waals surface area (Å²) in [5.74, 6) is 0.126. The van der Waals surface area contributed by atoms with Crippen LogP contribution in [0, 0.1) is 5.41 Å². The summed E-state index contributed by atoms with van der Waals surface area (Å²) in [5.41, 5.74) is -0.00366. The Morgan fingerprint density at radius 3 is 2.82 bits per heavy atom. The van der Waals surface area contributed by atoms with Gasteiger partial charge in [0.15, 0.2) is 0 Å². The van der Waals surface area contributed by atoms with Crippen molar-refractivity contribution >= 4 is 17.2 Å². The van der Waals surface area contributed by atoms with Crippen molar-refractivity contribution in [3.63, 3.8) is 0 Å². The first-order chi connectivity index (χ1) is 8.05. The van der Waals surface area contributed by atoms with Crippen LogP contribution in [0.25, 0.3) is 0 Å². The number of aromatic nitrogens is 1. The molecule has 2 saturated carbocycles. The molecule has 2 fully saturated rings. The van der Waals surface area contributed by atoms with Gasteiger partial charge in [-0.05, 0) is 38.5 Å². The van der Waals surface area contributed by atoms with E-state index in [4.69, 9.17) is 0 Å². The molecule has 92 valence electrons. The molecule has 0 aliphatic heterocycles. The number of hydrogen-bond acceptors (Lipinski definition) is 3.